The molecule has 122 valence electrons. The van der Waals surface area contributed by atoms with Crippen molar-refractivity contribution in [2.75, 3.05) is 17.6 Å². The fourth-order valence-corrected chi connectivity index (χ4v) is 2.46. The first kappa shape index (κ1) is 16.8. The van der Waals surface area contributed by atoms with Gasteiger partial charge in [0, 0.05) is 24.5 Å². The maximum absolute atomic E-state index is 12.0. The number of rotatable bonds is 6. The highest BCUT2D eigenvalue weighted by atomic mass is 32.2. The van der Waals surface area contributed by atoms with Crippen LogP contribution in [0.25, 0.3) is 0 Å². The zero-order valence-electron chi connectivity index (χ0n) is 12.6. The van der Waals surface area contributed by atoms with Crippen molar-refractivity contribution in [2.24, 2.45) is 7.05 Å². The molecule has 2 aromatic rings. The van der Waals surface area contributed by atoms with Crippen molar-refractivity contribution < 1.29 is 22.7 Å². The van der Waals surface area contributed by atoms with E-state index in [9.17, 15) is 18.0 Å². The van der Waals surface area contributed by atoms with Gasteiger partial charge in [-0.25, -0.2) is 13.2 Å². The van der Waals surface area contributed by atoms with Gasteiger partial charge < -0.3 is 9.30 Å². The number of esters is 1. The molecule has 1 N–H and O–H groups in total. The van der Waals surface area contributed by atoms with E-state index in [0.29, 0.717) is 16.9 Å². The number of carbonyl (C=O) groups is 2. The number of hydrogen-bond acceptors (Lipinski definition) is 5. The van der Waals surface area contributed by atoms with E-state index < -0.39 is 16.0 Å². The molecule has 0 saturated heterocycles. The van der Waals surface area contributed by atoms with Crippen molar-refractivity contribution in [1.82, 2.24) is 4.57 Å². The number of benzene rings is 1. The summed E-state index contributed by atoms with van der Waals surface area (Å²) in [6.45, 7) is -0.386. The van der Waals surface area contributed by atoms with Crippen LogP contribution < -0.4 is 4.72 Å². The highest BCUT2D eigenvalue weighted by molar-refractivity contribution is 7.92. The Hall–Kier alpha value is -2.61. The highest BCUT2D eigenvalue weighted by Gasteiger charge is 2.14. The van der Waals surface area contributed by atoms with Crippen molar-refractivity contribution in [3.63, 3.8) is 0 Å². The van der Waals surface area contributed by atoms with Gasteiger partial charge in [-0.2, -0.15) is 0 Å². The molecule has 0 bridgehead atoms. The number of hydrogen-bond donors (Lipinski definition) is 1. The highest BCUT2D eigenvalue weighted by Crippen LogP contribution is 2.12. The maximum atomic E-state index is 12.0. The van der Waals surface area contributed by atoms with E-state index in [0.717, 1.165) is 6.26 Å². The van der Waals surface area contributed by atoms with E-state index in [1.54, 1.807) is 29.9 Å². The lowest BCUT2D eigenvalue weighted by atomic mass is 10.1. The van der Waals surface area contributed by atoms with Gasteiger partial charge in [-0.3, -0.25) is 9.52 Å². The molecule has 0 amide bonds. The predicted molar refractivity (Wildman–Crippen MR) is 84.9 cm³/mol. The summed E-state index contributed by atoms with van der Waals surface area (Å²) < 4.78 is 31.1. The molecule has 1 aromatic heterocycles. The molecule has 8 heteroatoms. The molecule has 0 atom stereocenters. The minimum absolute atomic E-state index is 0.323. The van der Waals surface area contributed by atoms with Gasteiger partial charge in [0.2, 0.25) is 10.0 Å². The minimum Gasteiger partial charge on any atom is -0.453 e. The smallest absolute Gasteiger partial charge is 0.355 e. The molecule has 0 aliphatic carbocycles. The Kier molecular flexibility index (Phi) is 4.85. The second kappa shape index (κ2) is 6.66. The monoisotopic (exact) mass is 336 g/mol. The van der Waals surface area contributed by atoms with E-state index in [2.05, 4.69) is 4.72 Å². The summed E-state index contributed by atoms with van der Waals surface area (Å²) in [6.07, 6.45) is 2.74. The number of anilines is 1. The van der Waals surface area contributed by atoms with Crippen LogP contribution in [0.5, 0.6) is 0 Å². The number of ketones is 1. The molecule has 1 heterocycles. The zero-order chi connectivity index (χ0) is 17.0. The number of aromatic nitrogens is 1. The largest absolute Gasteiger partial charge is 0.453 e. The van der Waals surface area contributed by atoms with Crippen LogP contribution >= 0.6 is 0 Å². The van der Waals surface area contributed by atoms with E-state index in [1.165, 1.54) is 24.3 Å². The summed E-state index contributed by atoms with van der Waals surface area (Å²) in [5, 5.41) is 0. The van der Waals surface area contributed by atoms with Crippen molar-refractivity contribution >= 4 is 27.5 Å². The van der Waals surface area contributed by atoms with Crippen molar-refractivity contribution in [1.29, 1.82) is 0 Å². The third-order valence-electron chi connectivity index (χ3n) is 3.00. The molecule has 1 aromatic carbocycles. The van der Waals surface area contributed by atoms with Crippen LogP contribution in [0, 0.1) is 0 Å². The quantitative estimate of drug-likeness (QED) is 0.636. The zero-order valence-corrected chi connectivity index (χ0v) is 13.5. The summed E-state index contributed by atoms with van der Waals surface area (Å²) >= 11 is 0. The Balaban J connectivity index is 1.96. The fourth-order valence-electron chi connectivity index (χ4n) is 1.90. The van der Waals surface area contributed by atoms with Crippen LogP contribution in [0.4, 0.5) is 5.69 Å². The first-order valence-corrected chi connectivity index (χ1v) is 8.55. The number of nitrogens with one attached hydrogen (secondary N) is 1. The lowest BCUT2D eigenvalue weighted by Gasteiger charge is -2.07. The van der Waals surface area contributed by atoms with Crippen LogP contribution in [-0.4, -0.2) is 37.6 Å². The number of aryl methyl sites for hydroxylation is 1. The average Bonchev–Trinajstić information content (AvgIpc) is 2.90. The number of carbonyl (C=O) groups excluding carboxylic acids is 2. The fraction of sp³-hybridized carbons (Fsp3) is 0.200. The normalized spacial score (nSPS) is 11.0. The standard InChI is InChI=1S/C15H16N2O5S/c1-17-9-3-4-13(17)15(19)22-10-14(18)11-5-7-12(8-6-11)16-23(2,20)21/h3-9,16H,10H2,1-2H3. The molecule has 0 radical (unpaired) electrons. The van der Waals surface area contributed by atoms with Gasteiger partial charge in [-0.1, -0.05) is 0 Å². The SMILES string of the molecule is Cn1cccc1C(=O)OCC(=O)c1ccc(NS(C)(=O)=O)cc1. The Morgan fingerprint density at radius 1 is 1.17 bits per heavy atom. The molecular weight excluding hydrogens is 320 g/mol. The third kappa shape index (κ3) is 4.68. The van der Waals surface area contributed by atoms with E-state index in [4.69, 9.17) is 4.74 Å². The second-order valence-electron chi connectivity index (χ2n) is 4.96. The Morgan fingerprint density at radius 3 is 2.35 bits per heavy atom. The minimum atomic E-state index is -3.37. The Labute approximate surface area is 133 Å². The molecular formula is C15H16N2O5S. The number of sulfonamides is 1. The van der Waals surface area contributed by atoms with E-state index in [-0.39, 0.29) is 12.4 Å². The summed E-state index contributed by atoms with van der Waals surface area (Å²) in [5.41, 5.74) is 1.03. The molecule has 0 aliphatic rings. The first-order chi connectivity index (χ1) is 10.8. The van der Waals surface area contributed by atoms with Crippen molar-refractivity contribution in [3.8, 4) is 0 Å². The van der Waals surface area contributed by atoms with Crippen LogP contribution in [0.1, 0.15) is 20.8 Å². The number of Topliss-reactive ketones (excluding diaryl/α,β-unsaturated/α-hetero) is 1. The average molecular weight is 336 g/mol. The topological polar surface area (TPSA) is 94.5 Å². The van der Waals surface area contributed by atoms with Gasteiger partial charge in [0.25, 0.3) is 0 Å². The maximum Gasteiger partial charge on any atom is 0.355 e. The van der Waals surface area contributed by atoms with Crippen LogP contribution in [0.2, 0.25) is 0 Å². The van der Waals surface area contributed by atoms with E-state index >= 15 is 0 Å². The predicted octanol–water partition coefficient (Wildman–Crippen LogP) is 1.44. The van der Waals surface area contributed by atoms with Crippen LogP contribution in [0.15, 0.2) is 42.6 Å². The van der Waals surface area contributed by atoms with Gasteiger partial charge >= 0.3 is 5.97 Å². The summed E-state index contributed by atoms with van der Waals surface area (Å²) in [7, 11) is -1.67. The molecule has 0 saturated carbocycles. The van der Waals surface area contributed by atoms with Crippen LogP contribution in [0.3, 0.4) is 0 Å². The lowest BCUT2D eigenvalue weighted by Crippen LogP contribution is -2.16. The molecule has 7 nitrogen and oxygen atoms in total. The molecule has 23 heavy (non-hydrogen) atoms. The summed E-state index contributed by atoms with van der Waals surface area (Å²) in [4.78, 5) is 23.8. The van der Waals surface area contributed by atoms with Gasteiger partial charge in [0.1, 0.15) is 5.69 Å². The molecule has 0 unspecified atom stereocenters. The van der Waals surface area contributed by atoms with Gasteiger partial charge in [-0.15, -0.1) is 0 Å². The van der Waals surface area contributed by atoms with Gasteiger partial charge in [-0.05, 0) is 36.4 Å². The van der Waals surface area contributed by atoms with Gasteiger partial charge in [0.15, 0.2) is 12.4 Å². The number of ether oxygens (including phenoxy) is 1. The summed E-state index contributed by atoms with van der Waals surface area (Å²) in [6, 6.07) is 9.16. The van der Waals surface area contributed by atoms with Gasteiger partial charge in [0.05, 0.1) is 6.26 Å². The Bertz CT molecular complexity index is 822. The first-order valence-electron chi connectivity index (χ1n) is 6.66. The van der Waals surface area contributed by atoms with E-state index in [1.807, 2.05) is 0 Å². The molecule has 0 spiro atoms. The van der Waals surface area contributed by atoms with Crippen molar-refractivity contribution in [2.45, 2.75) is 0 Å². The van der Waals surface area contributed by atoms with Crippen molar-refractivity contribution in [3.05, 3.63) is 53.9 Å². The summed E-state index contributed by atoms with van der Waals surface area (Å²) in [5.74, 6) is -0.959. The lowest BCUT2D eigenvalue weighted by molar-refractivity contribution is 0.0465. The number of nitrogens with zero attached hydrogens (tertiary/aromatic N) is 1. The molecule has 0 aliphatic heterocycles. The molecule has 2 rings (SSSR count). The molecule has 0 fully saturated rings. The second-order valence-corrected chi connectivity index (χ2v) is 6.70. The Morgan fingerprint density at radius 2 is 1.83 bits per heavy atom. The third-order valence-corrected chi connectivity index (χ3v) is 3.60. The van der Waals surface area contributed by atoms with Crippen LogP contribution in [-0.2, 0) is 21.8 Å².